The lowest BCUT2D eigenvalue weighted by atomic mass is 9.86. The monoisotopic (exact) mass is 734 g/mol. The molecule has 0 aliphatic heterocycles. The molecule has 0 saturated heterocycles. The molecule has 44 heavy (non-hydrogen) atoms. The molecule has 0 aliphatic rings. The molecule has 0 aromatic heterocycles. The summed E-state index contributed by atoms with van der Waals surface area (Å²) in [5.41, 5.74) is -13.4. The summed E-state index contributed by atoms with van der Waals surface area (Å²) >= 11 is 0. The van der Waals surface area contributed by atoms with Gasteiger partial charge in [0.15, 0.2) is 0 Å². The summed E-state index contributed by atoms with van der Waals surface area (Å²) in [4.78, 5) is 32.9. The zero-order chi connectivity index (χ0) is 35.8. The van der Waals surface area contributed by atoms with Crippen LogP contribution in [0.2, 0.25) is 0 Å². The van der Waals surface area contributed by atoms with Crippen molar-refractivity contribution in [3.05, 3.63) is 0 Å². The van der Waals surface area contributed by atoms with Crippen molar-refractivity contribution in [3.63, 3.8) is 0 Å². The van der Waals surface area contributed by atoms with Gasteiger partial charge in [-0.15, -0.1) is 0 Å². The molecule has 2 unspecified atom stereocenters. The van der Waals surface area contributed by atoms with E-state index >= 15 is 0 Å². The first-order valence-corrected chi connectivity index (χ1v) is 14.7. The number of alkyl halides is 16. The van der Waals surface area contributed by atoms with Crippen LogP contribution in [0.5, 0.6) is 0 Å². The molecule has 26 heteroatoms. The van der Waals surface area contributed by atoms with Crippen LogP contribution in [0, 0.1) is 11.8 Å². The Kier molecular flexibility index (Phi) is 13.0. The summed E-state index contributed by atoms with van der Waals surface area (Å²) in [5.74, 6) is -15.4. The van der Waals surface area contributed by atoms with Gasteiger partial charge in [-0.1, -0.05) is 26.7 Å². The fraction of sp³-hybridized carbons (Fsp3) is 1.00. The number of ether oxygens (including phenoxy) is 2. The molecule has 0 aromatic rings. The Balaban J connectivity index is 5.77. The van der Waals surface area contributed by atoms with E-state index in [0.29, 0.717) is 0 Å². The lowest BCUT2D eigenvalue weighted by Gasteiger charge is -2.35. The standard InChI is InChI=1S/C18H24F16O8P2/c1-3-9(7-11(19,20)13(23,24)41-15(27,28)17(31,32)43(35,36)37)5-6-10(4-2)8-12(21,22)14(25,26)42-16(29,30)18(33,34)44(38,39)40/h9-10H,3-8H2,1-2H3,(H2,35,36,37)(H2,38,39,40). The normalized spacial score (nSPS) is 17.1. The van der Waals surface area contributed by atoms with Crippen molar-refractivity contribution < 1.29 is 108 Å². The van der Waals surface area contributed by atoms with Crippen molar-refractivity contribution in [2.24, 2.45) is 11.8 Å². The molecule has 0 bridgehead atoms. The van der Waals surface area contributed by atoms with Crippen molar-refractivity contribution in [2.45, 2.75) is 100.0 Å². The van der Waals surface area contributed by atoms with E-state index in [4.69, 9.17) is 19.6 Å². The van der Waals surface area contributed by atoms with Crippen LogP contribution in [0.4, 0.5) is 70.2 Å². The van der Waals surface area contributed by atoms with Crippen LogP contribution in [0.3, 0.4) is 0 Å². The second-order valence-electron chi connectivity index (χ2n) is 9.38. The van der Waals surface area contributed by atoms with Gasteiger partial charge in [0.1, 0.15) is 0 Å². The van der Waals surface area contributed by atoms with Crippen LogP contribution in [0.25, 0.3) is 0 Å². The minimum atomic E-state index is -7.27. The molecule has 0 radical (unpaired) electrons. The zero-order valence-corrected chi connectivity index (χ0v) is 23.5. The van der Waals surface area contributed by atoms with E-state index in [1.807, 2.05) is 0 Å². The lowest BCUT2D eigenvalue weighted by Crippen LogP contribution is -2.53. The van der Waals surface area contributed by atoms with Gasteiger partial charge in [-0.3, -0.25) is 9.13 Å². The molecule has 0 amide bonds. The molecule has 0 heterocycles. The first-order valence-electron chi connectivity index (χ1n) is 11.5. The number of hydrogen-bond acceptors (Lipinski definition) is 4. The molecule has 0 rings (SSSR count). The SMILES string of the molecule is CCC(CCC(CC)CC(F)(F)C(F)(F)OC(F)(F)C(F)(F)P(=O)(O)O)CC(F)(F)C(F)(F)OC(F)(F)C(F)(F)P(=O)(O)O. The van der Waals surface area contributed by atoms with Crippen molar-refractivity contribution in [1.29, 1.82) is 0 Å². The van der Waals surface area contributed by atoms with Gasteiger partial charge in [0.05, 0.1) is 0 Å². The highest BCUT2D eigenvalue weighted by atomic mass is 31.2. The zero-order valence-electron chi connectivity index (χ0n) is 21.8. The summed E-state index contributed by atoms with van der Waals surface area (Å²) < 4.78 is 243. The second-order valence-corrected chi connectivity index (χ2v) is 12.7. The molecule has 4 N–H and O–H groups in total. The van der Waals surface area contributed by atoms with E-state index in [1.54, 1.807) is 0 Å². The molecule has 0 fully saturated rings. The smallest absolute Gasteiger partial charge is 0.320 e. The van der Waals surface area contributed by atoms with Gasteiger partial charge in [-0.25, -0.2) is 9.47 Å². The van der Waals surface area contributed by atoms with Crippen molar-refractivity contribution in [2.75, 3.05) is 0 Å². The summed E-state index contributed by atoms with van der Waals surface area (Å²) in [5, 5.41) is 0. The quantitative estimate of drug-likeness (QED) is 0.0781. The summed E-state index contributed by atoms with van der Waals surface area (Å²) in [6.07, 6.45) is -34.5. The van der Waals surface area contributed by atoms with Gasteiger partial charge in [0.25, 0.3) is 0 Å². The second kappa shape index (κ2) is 13.3. The number of halogens is 16. The largest absolute Gasteiger partial charge is 0.436 e. The maximum atomic E-state index is 14.2. The Bertz CT molecular complexity index is 980. The molecule has 0 spiro atoms. The predicted molar refractivity (Wildman–Crippen MR) is 112 cm³/mol. The summed E-state index contributed by atoms with van der Waals surface area (Å²) in [6.45, 7) is 1.91. The molecule has 2 atom stereocenters. The topological polar surface area (TPSA) is 134 Å². The van der Waals surface area contributed by atoms with Gasteiger partial charge in [0, 0.05) is 12.8 Å². The van der Waals surface area contributed by atoms with E-state index < -0.39 is 113 Å². The third kappa shape index (κ3) is 9.34. The Morgan fingerprint density at radius 2 is 0.727 bits per heavy atom. The third-order valence-corrected chi connectivity index (χ3v) is 8.01. The highest BCUT2D eigenvalue weighted by Gasteiger charge is 2.76. The van der Waals surface area contributed by atoms with Crippen LogP contribution >= 0.6 is 15.2 Å². The molecule has 8 nitrogen and oxygen atoms in total. The number of hydrogen-bond donors (Lipinski definition) is 4. The van der Waals surface area contributed by atoms with E-state index in [2.05, 4.69) is 9.47 Å². The molecule has 0 aliphatic carbocycles. The Morgan fingerprint density at radius 1 is 0.500 bits per heavy atom. The minimum absolute atomic E-state index is 0.642. The fourth-order valence-electron chi connectivity index (χ4n) is 3.27. The van der Waals surface area contributed by atoms with Crippen molar-refractivity contribution in [1.82, 2.24) is 0 Å². The highest BCUT2D eigenvalue weighted by Crippen LogP contribution is 2.63. The number of rotatable bonds is 19. The van der Waals surface area contributed by atoms with E-state index in [-0.39, 0.29) is 0 Å². The van der Waals surface area contributed by atoms with Crippen LogP contribution in [0.1, 0.15) is 52.4 Å². The first kappa shape index (κ1) is 43.1. The van der Waals surface area contributed by atoms with Gasteiger partial charge < -0.3 is 19.6 Å². The van der Waals surface area contributed by atoms with Crippen molar-refractivity contribution >= 4 is 15.2 Å². The van der Waals surface area contributed by atoms with Crippen molar-refractivity contribution in [3.8, 4) is 0 Å². The molecular weight excluding hydrogens is 710 g/mol. The maximum Gasteiger partial charge on any atom is 0.436 e. The predicted octanol–water partition coefficient (Wildman–Crippen LogP) is 7.82. The van der Waals surface area contributed by atoms with Gasteiger partial charge in [0.2, 0.25) is 0 Å². The van der Waals surface area contributed by atoms with Crippen LogP contribution in [-0.2, 0) is 18.6 Å². The maximum absolute atomic E-state index is 14.2. The molecular formula is C18H24F16O8P2. The van der Waals surface area contributed by atoms with Gasteiger partial charge >= 0.3 is 62.8 Å². The minimum Gasteiger partial charge on any atom is -0.320 e. The Morgan fingerprint density at radius 3 is 0.909 bits per heavy atom. The van der Waals surface area contributed by atoms with Gasteiger partial charge in [-0.2, -0.15) is 70.2 Å². The Hall–Kier alpha value is -0.900. The summed E-state index contributed by atoms with van der Waals surface area (Å²) in [7, 11) is -14.5. The average Bonchev–Trinajstić information content (AvgIpc) is 2.77. The van der Waals surface area contributed by atoms with E-state index in [0.717, 1.165) is 13.8 Å². The summed E-state index contributed by atoms with van der Waals surface area (Å²) in [6, 6.07) is 0. The van der Waals surface area contributed by atoms with Gasteiger partial charge in [-0.05, 0) is 24.7 Å². The van der Waals surface area contributed by atoms with Crippen LogP contribution in [0.15, 0.2) is 0 Å². The lowest BCUT2D eigenvalue weighted by molar-refractivity contribution is -0.459. The Labute approximate surface area is 236 Å². The van der Waals surface area contributed by atoms with Crippen LogP contribution < -0.4 is 0 Å². The first-order chi connectivity index (χ1) is 19.0. The van der Waals surface area contributed by atoms with E-state index in [1.165, 1.54) is 0 Å². The third-order valence-electron chi connectivity index (χ3n) is 6.02. The van der Waals surface area contributed by atoms with E-state index in [9.17, 15) is 79.4 Å². The highest BCUT2D eigenvalue weighted by molar-refractivity contribution is 7.53. The average molecular weight is 734 g/mol. The molecule has 266 valence electrons. The van der Waals surface area contributed by atoms with Crippen LogP contribution in [-0.4, -0.2) is 67.2 Å². The fourth-order valence-corrected chi connectivity index (χ4v) is 4.04. The molecule has 0 saturated carbocycles. The molecule has 0 aromatic carbocycles.